The van der Waals surface area contributed by atoms with Crippen LogP contribution in [0.25, 0.3) is 0 Å². The molecule has 0 amide bonds. The van der Waals surface area contributed by atoms with Crippen molar-refractivity contribution < 1.29 is 9.84 Å². The van der Waals surface area contributed by atoms with Gasteiger partial charge in [0.1, 0.15) is 5.15 Å². The van der Waals surface area contributed by atoms with Crippen molar-refractivity contribution in [3.8, 4) is 0 Å². The van der Waals surface area contributed by atoms with Gasteiger partial charge >= 0.3 is 0 Å². The van der Waals surface area contributed by atoms with Gasteiger partial charge in [0.25, 0.3) is 0 Å². The first-order valence-electron chi connectivity index (χ1n) is 5.53. The molecule has 2 unspecified atom stereocenters. The molecule has 1 aliphatic heterocycles. The third-order valence-electron chi connectivity index (χ3n) is 3.17. The van der Waals surface area contributed by atoms with Gasteiger partial charge in [0, 0.05) is 25.1 Å². The van der Waals surface area contributed by atoms with Crippen LogP contribution in [-0.2, 0) is 18.2 Å². The van der Waals surface area contributed by atoms with E-state index in [1.165, 1.54) is 0 Å². The number of aromatic nitrogens is 2. The van der Waals surface area contributed by atoms with Crippen LogP contribution in [0.2, 0.25) is 5.15 Å². The topological polar surface area (TPSA) is 47.3 Å². The van der Waals surface area contributed by atoms with E-state index >= 15 is 0 Å². The van der Waals surface area contributed by atoms with Gasteiger partial charge in [-0.05, 0) is 19.8 Å². The molecule has 1 aromatic heterocycles. The summed E-state index contributed by atoms with van der Waals surface area (Å²) in [6.07, 6.45) is 1.16. The van der Waals surface area contributed by atoms with Crippen LogP contribution in [0.15, 0.2) is 0 Å². The van der Waals surface area contributed by atoms with Crippen molar-refractivity contribution in [2.45, 2.75) is 25.9 Å². The average molecular weight is 245 g/mol. The van der Waals surface area contributed by atoms with E-state index < -0.39 is 0 Å². The summed E-state index contributed by atoms with van der Waals surface area (Å²) in [5.74, 6) is 0.133. The Labute approximate surface area is 100 Å². The maximum absolute atomic E-state index is 9.87. The molecule has 2 rings (SSSR count). The van der Waals surface area contributed by atoms with E-state index in [2.05, 4.69) is 5.10 Å². The molecule has 2 heterocycles. The minimum Gasteiger partial charge on any atom is -0.393 e. The second-order valence-corrected chi connectivity index (χ2v) is 4.73. The molecule has 0 bridgehead atoms. The summed E-state index contributed by atoms with van der Waals surface area (Å²) in [5, 5.41) is 14.8. The highest BCUT2D eigenvalue weighted by Gasteiger charge is 2.26. The first-order chi connectivity index (χ1) is 7.59. The first kappa shape index (κ1) is 11.9. The number of aliphatic hydroxyl groups excluding tert-OH is 1. The summed E-state index contributed by atoms with van der Waals surface area (Å²) in [7, 11) is 1.83. The Morgan fingerprint density at radius 3 is 2.94 bits per heavy atom. The maximum atomic E-state index is 9.87. The first-order valence-corrected chi connectivity index (χ1v) is 5.91. The summed E-state index contributed by atoms with van der Waals surface area (Å²) in [6, 6.07) is 0. The molecule has 4 nitrogen and oxygen atoms in total. The normalized spacial score (nSPS) is 26.0. The Morgan fingerprint density at radius 1 is 1.62 bits per heavy atom. The third kappa shape index (κ3) is 2.24. The van der Waals surface area contributed by atoms with Crippen molar-refractivity contribution in [1.29, 1.82) is 0 Å². The van der Waals surface area contributed by atoms with Crippen molar-refractivity contribution in [3.05, 3.63) is 16.4 Å². The van der Waals surface area contributed by atoms with Crippen molar-refractivity contribution in [3.63, 3.8) is 0 Å². The van der Waals surface area contributed by atoms with E-state index in [0.717, 1.165) is 17.7 Å². The fourth-order valence-corrected chi connectivity index (χ4v) is 2.40. The summed E-state index contributed by atoms with van der Waals surface area (Å²) < 4.78 is 7.05. The van der Waals surface area contributed by atoms with Crippen LogP contribution in [0.5, 0.6) is 0 Å². The van der Waals surface area contributed by atoms with Crippen LogP contribution < -0.4 is 0 Å². The van der Waals surface area contributed by atoms with Crippen molar-refractivity contribution >= 4 is 11.6 Å². The molecule has 0 saturated carbocycles. The van der Waals surface area contributed by atoms with E-state index in [4.69, 9.17) is 16.3 Å². The number of aliphatic hydroxyl groups is 1. The number of aryl methyl sites for hydroxylation is 2. The van der Waals surface area contributed by atoms with E-state index in [0.29, 0.717) is 24.8 Å². The highest BCUT2D eigenvalue weighted by atomic mass is 35.5. The fourth-order valence-electron chi connectivity index (χ4n) is 2.15. The predicted octanol–water partition coefficient (Wildman–Crippen LogP) is 1.32. The van der Waals surface area contributed by atoms with E-state index in [9.17, 15) is 5.11 Å². The molecule has 0 radical (unpaired) electrons. The molecule has 16 heavy (non-hydrogen) atoms. The summed E-state index contributed by atoms with van der Waals surface area (Å²) in [5.41, 5.74) is 1.96. The van der Waals surface area contributed by atoms with Crippen LogP contribution in [0, 0.1) is 12.8 Å². The lowest BCUT2D eigenvalue weighted by molar-refractivity contribution is -0.0350. The van der Waals surface area contributed by atoms with Crippen LogP contribution in [-0.4, -0.2) is 34.2 Å². The summed E-state index contributed by atoms with van der Waals surface area (Å²) in [4.78, 5) is 0. The number of rotatable bonds is 2. The molecule has 0 spiro atoms. The van der Waals surface area contributed by atoms with Crippen molar-refractivity contribution in [1.82, 2.24) is 9.78 Å². The van der Waals surface area contributed by atoms with E-state index in [1.807, 2.05) is 14.0 Å². The van der Waals surface area contributed by atoms with Gasteiger partial charge in [-0.2, -0.15) is 5.10 Å². The lowest BCUT2D eigenvalue weighted by Gasteiger charge is -2.27. The third-order valence-corrected chi connectivity index (χ3v) is 3.64. The summed E-state index contributed by atoms with van der Waals surface area (Å²) in [6.45, 7) is 3.19. The maximum Gasteiger partial charge on any atom is 0.130 e. The lowest BCUT2D eigenvalue weighted by atomic mass is 9.92. The Morgan fingerprint density at radius 2 is 2.38 bits per heavy atom. The number of hydrogen-bond donors (Lipinski definition) is 1. The number of nitrogens with zero attached hydrogens (tertiary/aromatic N) is 2. The highest BCUT2D eigenvalue weighted by molar-refractivity contribution is 6.30. The number of halogens is 1. The Hall–Kier alpha value is -0.580. The Bertz CT molecular complexity index is 378. The van der Waals surface area contributed by atoms with Crippen LogP contribution >= 0.6 is 11.6 Å². The largest absolute Gasteiger partial charge is 0.393 e. The molecule has 5 heteroatoms. The van der Waals surface area contributed by atoms with Crippen molar-refractivity contribution in [2.75, 3.05) is 13.2 Å². The SMILES string of the molecule is Cc1nn(C)c(Cl)c1CC1COCCC1O. The van der Waals surface area contributed by atoms with Crippen LogP contribution in [0.3, 0.4) is 0 Å². The average Bonchev–Trinajstić information content (AvgIpc) is 2.48. The number of hydrogen-bond acceptors (Lipinski definition) is 3. The smallest absolute Gasteiger partial charge is 0.130 e. The quantitative estimate of drug-likeness (QED) is 0.854. The molecule has 1 aromatic rings. The minimum absolute atomic E-state index is 0.133. The molecule has 0 aromatic carbocycles. The van der Waals surface area contributed by atoms with Gasteiger partial charge in [0.05, 0.1) is 18.4 Å². The van der Waals surface area contributed by atoms with Gasteiger partial charge < -0.3 is 9.84 Å². The van der Waals surface area contributed by atoms with Crippen molar-refractivity contribution in [2.24, 2.45) is 13.0 Å². The zero-order chi connectivity index (χ0) is 11.7. The van der Waals surface area contributed by atoms with Gasteiger partial charge in [-0.25, -0.2) is 0 Å². The van der Waals surface area contributed by atoms with Gasteiger partial charge in [-0.15, -0.1) is 0 Å². The molecular weight excluding hydrogens is 228 g/mol. The molecule has 1 fully saturated rings. The zero-order valence-electron chi connectivity index (χ0n) is 9.61. The number of ether oxygens (including phenoxy) is 1. The zero-order valence-corrected chi connectivity index (χ0v) is 10.4. The molecule has 1 aliphatic rings. The van der Waals surface area contributed by atoms with Gasteiger partial charge in [0.15, 0.2) is 0 Å². The standard InChI is InChI=1S/C11H17ClN2O2/c1-7-9(11(12)14(2)13-7)5-8-6-16-4-3-10(8)15/h8,10,15H,3-6H2,1-2H3. The molecule has 90 valence electrons. The molecular formula is C11H17ClN2O2. The fraction of sp³-hybridized carbons (Fsp3) is 0.727. The molecule has 1 N–H and O–H groups in total. The molecule has 2 atom stereocenters. The van der Waals surface area contributed by atoms with Gasteiger partial charge in [0.2, 0.25) is 0 Å². The van der Waals surface area contributed by atoms with Gasteiger partial charge in [-0.3, -0.25) is 4.68 Å². The second kappa shape index (κ2) is 4.73. The summed E-state index contributed by atoms with van der Waals surface area (Å²) >= 11 is 6.16. The van der Waals surface area contributed by atoms with Crippen LogP contribution in [0.4, 0.5) is 0 Å². The lowest BCUT2D eigenvalue weighted by Crippen LogP contribution is -2.33. The second-order valence-electron chi connectivity index (χ2n) is 4.37. The van der Waals surface area contributed by atoms with E-state index in [1.54, 1.807) is 4.68 Å². The molecule has 0 aliphatic carbocycles. The minimum atomic E-state index is -0.288. The Balaban J connectivity index is 2.13. The predicted molar refractivity (Wildman–Crippen MR) is 61.6 cm³/mol. The van der Waals surface area contributed by atoms with Crippen LogP contribution in [0.1, 0.15) is 17.7 Å². The van der Waals surface area contributed by atoms with Gasteiger partial charge in [-0.1, -0.05) is 11.6 Å². The Kier molecular flexibility index (Phi) is 3.52. The van der Waals surface area contributed by atoms with E-state index in [-0.39, 0.29) is 12.0 Å². The highest BCUT2D eigenvalue weighted by Crippen LogP contribution is 2.26. The molecule has 1 saturated heterocycles. The monoisotopic (exact) mass is 244 g/mol.